The number of carbonyl (C=O) groups excluding carboxylic acids is 1. The Hall–Kier alpha value is -2.09. The Morgan fingerprint density at radius 1 is 1.32 bits per heavy atom. The van der Waals surface area contributed by atoms with Gasteiger partial charge < -0.3 is 9.80 Å². The molecule has 0 saturated carbocycles. The molecule has 3 heterocycles. The Balaban J connectivity index is 1.63. The molecule has 1 fully saturated rings. The summed E-state index contributed by atoms with van der Waals surface area (Å²) in [6, 6.07) is 2.27. The maximum atomic E-state index is 12.6. The third-order valence-corrected chi connectivity index (χ3v) is 5.16. The van der Waals surface area contributed by atoms with Crippen LogP contribution in [0.25, 0.3) is 0 Å². The summed E-state index contributed by atoms with van der Waals surface area (Å²) in [6.45, 7) is 3.77. The van der Waals surface area contributed by atoms with E-state index in [1.165, 1.54) is 0 Å². The summed E-state index contributed by atoms with van der Waals surface area (Å²) in [5.41, 5.74) is 1.63. The average Bonchev–Trinajstić information content (AvgIpc) is 3.06. The minimum atomic E-state index is 0.0362. The van der Waals surface area contributed by atoms with Crippen LogP contribution in [0.1, 0.15) is 28.9 Å². The Morgan fingerprint density at radius 2 is 2.04 bits per heavy atom. The van der Waals surface area contributed by atoms with Crippen molar-refractivity contribution in [3.63, 3.8) is 0 Å². The van der Waals surface area contributed by atoms with Gasteiger partial charge in [0.2, 0.25) is 0 Å². The molecule has 2 aromatic rings. The van der Waals surface area contributed by atoms with Crippen molar-refractivity contribution in [2.24, 2.45) is 7.05 Å². The third kappa shape index (κ3) is 3.95. The Bertz CT molecular complexity index is 753. The van der Waals surface area contributed by atoms with Gasteiger partial charge in [-0.1, -0.05) is 11.8 Å². The zero-order valence-electron chi connectivity index (χ0n) is 15.1. The summed E-state index contributed by atoms with van der Waals surface area (Å²) in [6.07, 6.45) is 7.24. The summed E-state index contributed by atoms with van der Waals surface area (Å²) < 4.78 is 1.66. The maximum Gasteiger partial charge on any atom is 0.257 e. The van der Waals surface area contributed by atoms with Crippen molar-refractivity contribution in [2.45, 2.75) is 31.0 Å². The topological polar surface area (TPSA) is 67.2 Å². The van der Waals surface area contributed by atoms with Crippen LogP contribution in [0, 0.1) is 6.92 Å². The Kier molecular flexibility index (Phi) is 5.27. The monoisotopic (exact) mass is 360 g/mol. The number of hydrogen-bond donors (Lipinski definition) is 0. The van der Waals surface area contributed by atoms with Gasteiger partial charge >= 0.3 is 0 Å². The molecule has 0 aromatic carbocycles. The number of nitrogens with zero attached hydrogens (tertiary/aromatic N) is 6. The van der Waals surface area contributed by atoms with Gasteiger partial charge in [-0.05, 0) is 26.0 Å². The lowest BCUT2D eigenvalue weighted by Crippen LogP contribution is -2.45. The second kappa shape index (κ2) is 7.43. The van der Waals surface area contributed by atoms with Crippen molar-refractivity contribution < 1.29 is 4.79 Å². The Morgan fingerprint density at radius 3 is 2.64 bits per heavy atom. The van der Waals surface area contributed by atoms with Crippen molar-refractivity contribution in [3.05, 3.63) is 29.7 Å². The molecule has 0 unspecified atom stereocenters. The van der Waals surface area contributed by atoms with Crippen LogP contribution in [-0.4, -0.2) is 63.0 Å². The van der Waals surface area contributed by atoms with Gasteiger partial charge in [0.25, 0.3) is 5.91 Å². The van der Waals surface area contributed by atoms with Crippen LogP contribution in [0.4, 0.5) is 5.82 Å². The van der Waals surface area contributed by atoms with Gasteiger partial charge in [-0.15, -0.1) is 0 Å². The van der Waals surface area contributed by atoms with Crippen molar-refractivity contribution in [3.8, 4) is 0 Å². The zero-order chi connectivity index (χ0) is 18.0. The largest absolute Gasteiger partial charge is 0.356 e. The predicted octanol–water partition coefficient (Wildman–Crippen LogP) is 1.98. The summed E-state index contributed by atoms with van der Waals surface area (Å²) in [5.74, 6) is 1.02. The maximum absolute atomic E-state index is 12.6. The van der Waals surface area contributed by atoms with E-state index in [2.05, 4.69) is 20.0 Å². The molecule has 2 aromatic heterocycles. The number of aromatic nitrogens is 4. The molecule has 1 saturated heterocycles. The van der Waals surface area contributed by atoms with Crippen molar-refractivity contribution >= 4 is 23.5 Å². The predicted molar refractivity (Wildman–Crippen MR) is 99.1 cm³/mol. The number of thioether (sulfide) groups is 1. The first-order valence-corrected chi connectivity index (χ1v) is 9.61. The summed E-state index contributed by atoms with van der Waals surface area (Å²) in [4.78, 5) is 25.7. The molecule has 3 rings (SSSR count). The highest BCUT2D eigenvalue weighted by Crippen LogP contribution is 2.23. The molecular formula is C17H24N6OS. The molecule has 0 atom stereocenters. The highest BCUT2D eigenvalue weighted by Gasteiger charge is 2.27. The molecule has 7 nitrogen and oxygen atoms in total. The molecule has 0 radical (unpaired) electrons. The first-order chi connectivity index (χ1) is 12.0. The number of hydrogen-bond acceptors (Lipinski definition) is 6. The SMILES string of the molecule is CSc1nc(C)cc(N2CCC(N(C)C(=O)c3cnn(C)c3)CC2)n1. The van der Waals surface area contributed by atoms with Gasteiger partial charge in [-0.2, -0.15) is 5.10 Å². The van der Waals surface area contributed by atoms with E-state index in [1.807, 2.05) is 38.2 Å². The minimum Gasteiger partial charge on any atom is -0.356 e. The summed E-state index contributed by atoms with van der Waals surface area (Å²) in [5, 5.41) is 4.89. The van der Waals surface area contributed by atoms with E-state index in [1.54, 1.807) is 28.8 Å². The van der Waals surface area contributed by atoms with E-state index in [4.69, 9.17) is 0 Å². The molecule has 0 aliphatic carbocycles. The normalized spacial score (nSPS) is 15.4. The van der Waals surface area contributed by atoms with Gasteiger partial charge in [0, 0.05) is 51.2 Å². The van der Waals surface area contributed by atoms with E-state index < -0.39 is 0 Å². The molecule has 25 heavy (non-hydrogen) atoms. The molecule has 1 amide bonds. The number of aryl methyl sites for hydroxylation is 2. The molecule has 0 N–H and O–H groups in total. The van der Waals surface area contributed by atoms with Crippen LogP contribution >= 0.6 is 11.8 Å². The second-order valence-electron chi connectivity index (χ2n) is 6.39. The van der Waals surface area contributed by atoms with Gasteiger partial charge in [0.15, 0.2) is 5.16 Å². The van der Waals surface area contributed by atoms with E-state index in [0.29, 0.717) is 5.56 Å². The van der Waals surface area contributed by atoms with Crippen molar-refractivity contribution in [1.82, 2.24) is 24.6 Å². The molecule has 134 valence electrons. The number of anilines is 1. The summed E-state index contributed by atoms with van der Waals surface area (Å²) in [7, 11) is 3.71. The number of amides is 1. The zero-order valence-corrected chi connectivity index (χ0v) is 16.0. The first-order valence-electron chi connectivity index (χ1n) is 8.38. The van der Waals surface area contributed by atoms with Crippen LogP contribution in [-0.2, 0) is 7.05 Å². The smallest absolute Gasteiger partial charge is 0.257 e. The molecule has 1 aliphatic rings. The van der Waals surface area contributed by atoms with Crippen LogP contribution in [0.3, 0.4) is 0 Å². The van der Waals surface area contributed by atoms with Gasteiger partial charge in [-0.3, -0.25) is 9.48 Å². The summed E-state index contributed by atoms with van der Waals surface area (Å²) >= 11 is 1.56. The van der Waals surface area contributed by atoms with Crippen LogP contribution < -0.4 is 4.90 Å². The van der Waals surface area contributed by atoms with Gasteiger partial charge in [-0.25, -0.2) is 9.97 Å². The highest BCUT2D eigenvalue weighted by atomic mass is 32.2. The third-order valence-electron chi connectivity index (χ3n) is 4.61. The lowest BCUT2D eigenvalue weighted by Gasteiger charge is -2.37. The van der Waals surface area contributed by atoms with E-state index in [-0.39, 0.29) is 11.9 Å². The molecular weight excluding hydrogens is 336 g/mol. The van der Waals surface area contributed by atoms with E-state index in [0.717, 1.165) is 42.6 Å². The molecule has 8 heteroatoms. The highest BCUT2D eigenvalue weighted by molar-refractivity contribution is 7.98. The fraction of sp³-hybridized carbons (Fsp3) is 0.529. The fourth-order valence-electron chi connectivity index (χ4n) is 3.16. The minimum absolute atomic E-state index is 0.0362. The van der Waals surface area contributed by atoms with Crippen LogP contribution in [0.15, 0.2) is 23.6 Å². The van der Waals surface area contributed by atoms with Crippen molar-refractivity contribution in [1.29, 1.82) is 0 Å². The number of carbonyl (C=O) groups is 1. The van der Waals surface area contributed by atoms with E-state index in [9.17, 15) is 4.79 Å². The van der Waals surface area contributed by atoms with Gasteiger partial charge in [0.1, 0.15) is 5.82 Å². The average molecular weight is 360 g/mol. The second-order valence-corrected chi connectivity index (χ2v) is 7.16. The first kappa shape index (κ1) is 17.7. The molecule has 0 spiro atoms. The van der Waals surface area contributed by atoms with Crippen molar-refractivity contribution in [2.75, 3.05) is 31.3 Å². The quantitative estimate of drug-likeness (QED) is 0.613. The molecule has 0 bridgehead atoms. The van der Waals surface area contributed by atoms with Crippen LogP contribution in [0.5, 0.6) is 0 Å². The fourth-order valence-corrected chi connectivity index (χ4v) is 3.58. The number of rotatable bonds is 4. The lowest BCUT2D eigenvalue weighted by atomic mass is 10.0. The van der Waals surface area contributed by atoms with E-state index >= 15 is 0 Å². The van der Waals surface area contributed by atoms with Crippen LogP contribution in [0.2, 0.25) is 0 Å². The van der Waals surface area contributed by atoms with Gasteiger partial charge in [0.05, 0.1) is 11.8 Å². The Labute approximate surface area is 152 Å². The standard InChI is InChI=1S/C17H24N6OS/c1-12-9-15(20-17(19-12)25-4)23-7-5-14(6-8-23)22(3)16(24)13-10-18-21(2)11-13/h9-11,14H,5-8H2,1-4H3. The molecule has 1 aliphatic heterocycles. The number of piperidine rings is 1. The lowest BCUT2D eigenvalue weighted by molar-refractivity contribution is 0.0709.